The predicted molar refractivity (Wildman–Crippen MR) is 81.0 cm³/mol. The van der Waals surface area contributed by atoms with Crippen molar-refractivity contribution in [3.05, 3.63) is 47.5 Å². The molecule has 20 heavy (non-hydrogen) atoms. The second-order valence-corrected chi connectivity index (χ2v) is 6.00. The molecule has 2 heteroatoms. The molecule has 2 aromatic rings. The van der Waals surface area contributed by atoms with E-state index in [0.29, 0.717) is 5.92 Å². The molecule has 0 atom stereocenters. The van der Waals surface area contributed by atoms with Gasteiger partial charge in [-0.1, -0.05) is 42.0 Å². The van der Waals surface area contributed by atoms with E-state index in [2.05, 4.69) is 43.3 Å². The number of aryl methyl sites for hydroxylation is 1. The predicted octanol–water partition coefficient (Wildman–Crippen LogP) is 4.51. The van der Waals surface area contributed by atoms with Crippen LogP contribution in [0.15, 0.2) is 36.4 Å². The zero-order chi connectivity index (χ0) is 14.1. The molecule has 104 valence electrons. The molecule has 2 nitrogen and oxygen atoms in total. The number of aliphatic carboxylic acids is 1. The summed E-state index contributed by atoms with van der Waals surface area (Å²) in [6.45, 7) is 2.11. The Bertz CT molecular complexity index is 637. The standard InChI is InChI=1S/C18H20O2/c1-12-2-3-17-11-16(9-8-15(17)10-12)13-4-6-14(7-5-13)18(19)20/h2-3,8-11,13-14H,4-7H2,1H3,(H,19,20). The lowest BCUT2D eigenvalue weighted by molar-refractivity contribution is -0.142. The van der Waals surface area contributed by atoms with E-state index in [4.69, 9.17) is 5.11 Å². The topological polar surface area (TPSA) is 37.3 Å². The number of carboxylic acid groups (broad SMARTS) is 1. The van der Waals surface area contributed by atoms with E-state index < -0.39 is 5.97 Å². The van der Waals surface area contributed by atoms with Crippen molar-refractivity contribution in [3.8, 4) is 0 Å². The summed E-state index contributed by atoms with van der Waals surface area (Å²) in [6, 6.07) is 13.2. The molecule has 0 radical (unpaired) electrons. The number of carbonyl (C=O) groups is 1. The van der Waals surface area contributed by atoms with Crippen molar-refractivity contribution in [1.82, 2.24) is 0 Å². The van der Waals surface area contributed by atoms with Crippen LogP contribution in [-0.4, -0.2) is 11.1 Å². The van der Waals surface area contributed by atoms with Crippen molar-refractivity contribution in [2.75, 3.05) is 0 Å². The van der Waals surface area contributed by atoms with Crippen LogP contribution in [-0.2, 0) is 4.79 Å². The number of fused-ring (bicyclic) bond motifs is 1. The molecule has 0 aromatic heterocycles. The lowest BCUT2D eigenvalue weighted by atomic mass is 9.78. The molecular formula is C18H20O2. The van der Waals surface area contributed by atoms with Gasteiger partial charge in [0.2, 0.25) is 0 Å². The van der Waals surface area contributed by atoms with E-state index in [9.17, 15) is 4.79 Å². The average molecular weight is 268 g/mol. The zero-order valence-corrected chi connectivity index (χ0v) is 11.8. The molecule has 0 unspecified atom stereocenters. The molecule has 0 heterocycles. The Kier molecular flexibility index (Phi) is 3.47. The average Bonchev–Trinajstić information content (AvgIpc) is 2.47. The smallest absolute Gasteiger partial charge is 0.306 e. The summed E-state index contributed by atoms with van der Waals surface area (Å²) in [7, 11) is 0. The molecule has 0 aliphatic heterocycles. The van der Waals surface area contributed by atoms with Crippen LogP contribution in [0.1, 0.15) is 42.7 Å². The lowest BCUT2D eigenvalue weighted by Crippen LogP contribution is -2.20. The Morgan fingerprint density at radius 2 is 1.65 bits per heavy atom. The second-order valence-electron chi connectivity index (χ2n) is 6.00. The van der Waals surface area contributed by atoms with Gasteiger partial charge in [-0.25, -0.2) is 0 Å². The van der Waals surface area contributed by atoms with Crippen LogP contribution in [0.2, 0.25) is 0 Å². The molecule has 1 N–H and O–H groups in total. The molecule has 0 bridgehead atoms. The Morgan fingerprint density at radius 3 is 2.35 bits per heavy atom. The number of hydrogen-bond donors (Lipinski definition) is 1. The maximum atomic E-state index is 11.0. The fourth-order valence-electron chi connectivity index (χ4n) is 3.31. The van der Waals surface area contributed by atoms with Crippen molar-refractivity contribution in [2.45, 2.75) is 38.5 Å². The van der Waals surface area contributed by atoms with Crippen molar-refractivity contribution in [1.29, 1.82) is 0 Å². The first kappa shape index (κ1) is 13.2. The summed E-state index contributed by atoms with van der Waals surface area (Å²) in [5.74, 6) is -0.233. The normalized spacial score (nSPS) is 22.9. The van der Waals surface area contributed by atoms with Gasteiger partial charge in [-0.3, -0.25) is 4.79 Å². The first-order valence-corrected chi connectivity index (χ1v) is 7.36. The summed E-state index contributed by atoms with van der Waals surface area (Å²) in [4.78, 5) is 11.0. The minimum atomic E-state index is -0.627. The molecule has 0 saturated heterocycles. The molecule has 1 fully saturated rings. The number of benzene rings is 2. The van der Waals surface area contributed by atoms with Crippen LogP contribution in [0.4, 0.5) is 0 Å². The van der Waals surface area contributed by atoms with Crippen molar-refractivity contribution >= 4 is 16.7 Å². The first-order valence-electron chi connectivity index (χ1n) is 7.36. The van der Waals surface area contributed by atoms with E-state index >= 15 is 0 Å². The van der Waals surface area contributed by atoms with Crippen LogP contribution in [0.25, 0.3) is 10.8 Å². The lowest BCUT2D eigenvalue weighted by Gasteiger charge is -2.26. The molecular weight excluding hydrogens is 248 g/mol. The Hall–Kier alpha value is -1.83. The Balaban J connectivity index is 1.81. The largest absolute Gasteiger partial charge is 0.481 e. The summed E-state index contributed by atoms with van der Waals surface area (Å²) >= 11 is 0. The Labute approximate surface area is 119 Å². The van der Waals surface area contributed by atoms with E-state index in [1.807, 2.05) is 0 Å². The van der Waals surface area contributed by atoms with Crippen molar-refractivity contribution in [3.63, 3.8) is 0 Å². The highest BCUT2D eigenvalue weighted by Crippen LogP contribution is 2.36. The molecule has 1 aliphatic carbocycles. The van der Waals surface area contributed by atoms with Crippen LogP contribution in [0.5, 0.6) is 0 Å². The number of carboxylic acids is 1. The van der Waals surface area contributed by atoms with E-state index in [1.54, 1.807) is 0 Å². The quantitative estimate of drug-likeness (QED) is 0.870. The van der Waals surface area contributed by atoms with Gasteiger partial charge in [-0.2, -0.15) is 0 Å². The zero-order valence-electron chi connectivity index (χ0n) is 11.8. The minimum absolute atomic E-state index is 0.130. The van der Waals surface area contributed by atoms with E-state index in [0.717, 1.165) is 25.7 Å². The van der Waals surface area contributed by atoms with Gasteiger partial charge in [0.1, 0.15) is 0 Å². The van der Waals surface area contributed by atoms with Crippen LogP contribution in [0, 0.1) is 12.8 Å². The van der Waals surface area contributed by atoms with Gasteiger partial charge in [0.25, 0.3) is 0 Å². The highest BCUT2D eigenvalue weighted by molar-refractivity contribution is 5.84. The number of hydrogen-bond acceptors (Lipinski definition) is 1. The highest BCUT2D eigenvalue weighted by Gasteiger charge is 2.26. The summed E-state index contributed by atoms with van der Waals surface area (Å²) in [6.07, 6.45) is 3.61. The van der Waals surface area contributed by atoms with Gasteiger partial charge < -0.3 is 5.11 Å². The highest BCUT2D eigenvalue weighted by atomic mass is 16.4. The van der Waals surface area contributed by atoms with Gasteiger partial charge in [0, 0.05) is 0 Å². The molecule has 1 saturated carbocycles. The Morgan fingerprint density at radius 1 is 1.00 bits per heavy atom. The first-order chi connectivity index (χ1) is 9.63. The summed E-state index contributed by atoms with van der Waals surface area (Å²) < 4.78 is 0. The maximum absolute atomic E-state index is 11.0. The summed E-state index contributed by atoms with van der Waals surface area (Å²) in [5, 5.41) is 11.6. The van der Waals surface area contributed by atoms with Crippen molar-refractivity contribution in [2.24, 2.45) is 5.92 Å². The fourth-order valence-corrected chi connectivity index (χ4v) is 3.31. The molecule has 0 spiro atoms. The molecule has 0 amide bonds. The van der Waals surface area contributed by atoms with Gasteiger partial charge in [0.15, 0.2) is 0 Å². The van der Waals surface area contributed by atoms with Crippen LogP contribution >= 0.6 is 0 Å². The van der Waals surface area contributed by atoms with Gasteiger partial charge >= 0.3 is 5.97 Å². The maximum Gasteiger partial charge on any atom is 0.306 e. The third-order valence-electron chi connectivity index (χ3n) is 4.57. The van der Waals surface area contributed by atoms with Gasteiger partial charge in [-0.05, 0) is 54.9 Å². The summed E-state index contributed by atoms with van der Waals surface area (Å²) in [5.41, 5.74) is 2.65. The molecule has 2 aromatic carbocycles. The van der Waals surface area contributed by atoms with Crippen molar-refractivity contribution < 1.29 is 9.90 Å². The third kappa shape index (κ3) is 2.55. The van der Waals surface area contributed by atoms with E-state index in [1.165, 1.54) is 21.9 Å². The van der Waals surface area contributed by atoms with Gasteiger partial charge in [-0.15, -0.1) is 0 Å². The molecule has 3 rings (SSSR count). The van der Waals surface area contributed by atoms with Crippen LogP contribution < -0.4 is 0 Å². The molecule has 1 aliphatic rings. The van der Waals surface area contributed by atoms with E-state index in [-0.39, 0.29) is 5.92 Å². The second kappa shape index (κ2) is 5.28. The fraction of sp³-hybridized carbons (Fsp3) is 0.389. The van der Waals surface area contributed by atoms with Crippen LogP contribution in [0.3, 0.4) is 0 Å². The van der Waals surface area contributed by atoms with Gasteiger partial charge in [0.05, 0.1) is 5.92 Å². The minimum Gasteiger partial charge on any atom is -0.481 e. The SMILES string of the molecule is Cc1ccc2cc(C3CCC(C(=O)O)CC3)ccc2c1. The third-order valence-corrected chi connectivity index (χ3v) is 4.57. The monoisotopic (exact) mass is 268 g/mol. The number of rotatable bonds is 2.